The first-order valence-corrected chi connectivity index (χ1v) is 11.3. The molecule has 31 heavy (non-hydrogen) atoms. The Kier molecular flexibility index (Phi) is 7.01. The maximum absolute atomic E-state index is 13.7. The molecular formula is C19H16ClFN4O4S2. The standard InChI is InChI=1S/C19H16ClFN4O4S2/c1-25(31(28,29)18-8-7-16(20)30-18)11-17(26)23-15-10-12(21)5-6-13(15)24-19(27)14-4-2-3-9-22-14/h2-10H,11H2,1H3,(H,23,26)(H,24,27). The molecule has 0 aliphatic heterocycles. The van der Waals surface area contributed by atoms with E-state index in [-0.39, 0.29) is 21.3 Å². The molecule has 0 aliphatic carbocycles. The van der Waals surface area contributed by atoms with Crippen molar-refractivity contribution in [2.75, 3.05) is 24.2 Å². The summed E-state index contributed by atoms with van der Waals surface area (Å²) in [7, 11) is -2.69. The summed E-state index contributed by atoms with van der Waals surface area (Å²) < 4.78 is 39.9. The van der Waals surface area contributed by atoms with E-state index in [0.29, 0.717) is 4.34 Å². The second-order valence-corrected chi connectivity index (χ2v) is 10.2. The van der Waals surface area contributed by atoms with Crippen LogP contribution in [0.5, 0.6) is 0 Å². The van der Waals surface area contributed by atoms with E-state index >= 15 is 0 Å². The molecule has 0 spiro atoms. The highest BCUT2D eigenvalue weighted by molar-refractivity contribution is 7.91. The van der Waals surface area contributed by atoms with Gasteiger partial charge >= 0.3 is 0 Å². The average molecular weight is 483 g/mol. The molecular weight excluding hydrogens is 467 g/mol. The van der Waals surface area contributed by atoms with Crippen molar-refractivity contribution in [2.45, 2.75) is 4.21 Å². The minimum absolute atomic E-state index is 0.0122. The highest BCUT2D eigenvalue weighted by atomic mass is 35.5. The molecule has 2 heterocycles. The first-order chi connectivity index (χ1) is 14.7. The number of aromatic nitrogens is 1. The number of hydrogen-bond acceptors (Lipinski definition) is 6. The second kappa shape index (κ2) is 9.52. The summed E-state index contributed by atoms with van der Waals surface area (Å²) in [4.78, 5) is 28.7. The van der Waals surface area contributed by atoms with Crippen molar-refractivity contribution in [3.05, 3.63) is 70.6 Å². The molecule has 162 valence electrons. The number of nitrogens with zero attached hydrogens (tertiary/aromatic N) is 2. The van der Waals surface area contributed by atoms with Gasteiger partial charge in [0.15, 0.2) is 0 Å². The van der Waals surface area contributed by atoms with Crippen molar-refractivity contribution in [1.82, 2.24) is 9.29 Å². The van der Waals surface area contributed by atoms with Gasteiger partial charge in [-0.3, -0.25) is 14.6 Å². The topological polar surface area (TPSA) is 108 Å². The molecule has 0 aliphatic rings. The van der Waals surface area contributed by atoms with Crippen LogP contribution in [0.15, 0.2) is 58.9 Å². The fourth-order valence-electron chi connectivity index (χ4n) is 2.48. The van der Waals surface area contributed by atoms with Gasteiger partial charge in [-0.15, -0.1) is 11.3 Å². The maximum Gasteiger partial charge on any atom is 0.274 e. The van der Waals surface area contributed by atoms with Crippen LogP contribution >= 0.6 is 22.9 Å². The summed E-state index contributed by atoms with van der Waals surface area (Å²) >= 11 is 6.65. The molecule has 2 amide bonds. The fourth-order valence-corrected chi connectivity index (χ4v) is 5.30. The number of thiophene rings is 1. The molecule has 2 N–H and O–H groups in total. The third-order valence-corrected chi connectivity index (χ3v) is 7.48. The largest absolute Gasteiger partial charge is 0.323 e. The molecule has 0 radical (unpaired) electrons. The molecule has 0 saturated carbocycles. The quantitative estimate of drug-likeness (QED) is 0.536. The number of rotatable bonds is 7. The molecule has 0 bridgehead atoms. The van der Waals surface area contributed by atoms with E-state index in [2.05, 4.69) is 15.6 Å². The van der Waals surface area contributed by atoms with Crippen LogP contribution in [0.4, 0.5) is 15.8 Å². The van der Waals surface area contributed by atoms with Crippen LogP contribution in [-0.4, -0.2) is 43.1 Å². The summed E-state index contributed by atoms with van der Waals surface area (Å²) in [5.41, 5.74) is 0.227. The number of pyridine rings is 1. The van der Waals surface area contributed by atoms with Gasteiger partial charge in [0.25, 0.3) is 15.9 Å². The lowest BCUT2D eigenvalue weighted by molar-refractivity contribution is -0.116. The number of likely N-dealkylation sites (N-methyl/N-ethyl adjacent to an activating group) is 1. The number of benzene rings is 1. The van der Waals surface area contributed by atoms with E-state index in [0.717, 1.165) is 27.8 Å². The van der Waals surface area contributed by atoms with Crippen molar-refractivity contribution in [2.24, 2.45) is 0 Å². The Morgan fingerprint density at radius 3 is 2.55 bits per heavy atom. The minimum atomic E-state index is -3.92. The van der Waals surface area contributed by atoms with Crippen molar-refractivity contribution < 1.29 is 22.4 Å². The minimum Gasteiger partial charge on any atom is -0.323 e. The number of anilines is 2. The monoisotopic (exact) mass is 482 g/mol. The molecule has 0 fully saturated rings. The average Bonchev–Trinajstić information content (AvgIpc) is 3.17. The zero-order chi connectivity index (χ0) is 22.6. The third kappa shape index (κ3) is 5.64. The van der Waals surface area contributed by atoms with Crippen LogP contribution in [0.2, 0.25) is 4.34 Å². The Morgan fingerprint density at radius 1 is 1.13 bits per heavy atom. The highest BCUT2D eigenvalue weighted by Crippen LogP contribution is 2.28. The fraction of sp³-hybridized carbons (Fsp3) is 0.105. The Morgan fingerprint density at radius 2 is 1.90 bits per heavy atom. The number of amides is 2. The normalized spacial score (nSPS) is 11.4. The van der Waals surface area contributed by atoms with Crippen LogP contribution in [0.25, 0.3) is 0 Å². The van der Waals surface area contributed by atoms with Crippen LogP contribution in [0, 0.1) is 5.82 Å². The SMILES string of the molecule is CN(CC(=O)Nc1cc(F)ccc1NC(=O)c1ccccn1)S(=O)(=O)c1ccc(Cl)s1. The maximum atomic E-state index is 13.7. The molecule has 2 aromatic heterocycles. The lowest BCUT2D eigenvalue weighted by Crippen LogP contribution is -2.34. The van der Waals surface area contributed by atoms with Crippen LogP contribution in [0.3, 0.4) is 0 Å². The first kappa shape index (κ1) is 22.8. The predicted octanol–water partition coefficient (Wildman–Crippen LogP) is 3.45. The van der Waals surface area contributed by atoms with E-state index in [9.17, 15) is 22.4 Å². The van der Waals surface area contributed by atoms with E-state index in [1.54, 1.807) is 12.1 Å². The Bertz CT molecular complexity index is 1220. The lowest BCUT2D eigenvalue weighted by atomic mass is 10.2. The molecule has 3 rings (SSSR count). The van der Waals surface area contributed by atoms with Crippen molar-refractivity contribution >= 4 is 56.2 Å². The Balaban J connectivity index is 1.73. The smallest absolute Gasteiger partial charge is 0.274 e. The summed E-state index contributed by atoms with van der Waals surface area (Å²) in [6, 6.07) is 11.0. The summed E-state index contributed by atoms with van der Waals surface area (Å²) in [5.74, 6) is -1.94. The number of halogens is 2. The number of carbonyl (C=O) groups is 2. The van der Waals surface area contributed by atoms with E-state index in [1.807, 2.05) is 0 Å². The zero-order valence-electron chi connectivity index (χ0n) is 16.0. The molecule has 8 nitrogen and oxygen atoms in total. The highest BCUT2D eigenvalue weighted by Gasteiger charge is 2.25. The Labute approximate surface area is 186 Å². The van der Waals surface area contributed by atoms with Crippen molar-refractivity contribution in [3.8, 4) is 0 Å². The molecule has 1 aromatic carbocycles. The molecule has 0 saturated heterocycles. The van der Waals surface area contributed by atoms with Gasteiger partial charge < -0.3 is 10.6 Å². The van der Waals surface area contributed by atoms with Crippen LogP contribution in [-0.2, 0) is 14.8 Å². The molecule has 3 aromatic rings. The Hall–Kier alpha value is -2.86. The van der Waals surface area contributed by atoms with Gasteiger partial charge in [-0.1, -0.05) is 17.7 Å². The van der Waals surface area contributed by atoms with Gasteiger partial charge in [0.05, 0.1) is 22.3 Å². The lowest BCUT2D eigenvalue weighted by Gasteiger charge is -2.17. The van der Waals surface area contributed by atoms with Gasteiger partial charge in [-0.05, 0) is 42.5 Å². The van der Waals surface area contributed by atoms with Crippen LogP contribution < -0.4 is 10.6 Å². The van der Waals surface area contributed by atoms with Gasteiger partial charge in [0.1, 0.15) is 15.7 Å². The van der Waals surface area contributed by atoms with Crippen molar-refractivity contribution in [3.63, 3.8) is 0 Å². The van der Waals surface area contributed by atoms with Gasteiger partial charge in [0, 0.05) is 13.2 Å². The predicted molar refractivity (Wildman–Crippen MR) is 116 cm³/mol. The second-order valence-electron chi connectivity index (χ2n) is 6.23. The van der Waals surface area contributed by atoms with E-state index in [4.69, 9.17) is 11.6 Å². The summed E-state index contributed by atoms with van der Waals surface area (Å²) in [6.45, 7) is -0.540. The number of sulfonamides is 1. The van der Waals surface area contributed by atoms with Gasteiger partial charge in [0.2, 0.25) is 5.91 Å². The molecule has 0 unspecified atom stereocenters. The third-order valence-electron chi connectivity index (χ3n) is 3.98. The number of nitrogens with one attached hydrogen (secondary N) is 2. The molecule has 0 atom stereocenters. The van der Waals surface area contributed by atoms with Gasteiger partial charge in [-0.2, -0.15) is 4.31 Å². The number of carbonyl (C=O) groups excluding carboxylic acids is 2. The van der Waals surface area contributed by atoms with Gasteiger partial charge in [-0.25, -0.2) is 12.8 Å². The first-order valence-electron chi connectivity index (χ1n) is 8.70. The zero-order valence-corrected chi connectivity index (χ0v) is 18.4. The van der Waals surface area contributed by atoms with E-state index < -0.39 is 34.2 Å². The molecule has 12 heteroatoms. The van der Waals surface area contributed by atoms with Crippen LogP contribution in [0.1, 0.15) is 10.5 Å². The summed E-state index contributed by atoms with van der Waals surface area (Å²) in [5, 5.41) is 4.97. The van der Waals surface area contributed by atoms with E-state index in [1.165, 1.54) is 37.5 Å². The number of hydrogen-bond donors (Lipinski definition) is 2. The van der Waals surface area contributed by atoms with Crippen molar-refractivity contribution in [1.29, 1.82) is 0 Å². The summed E-state index contributed by atoms with van der Waals surface area (Å²) in [6.07, 6.45) is 1.44.